The van der Waals surface area contributed by atoms with Crippen molar-refractivity contribution in [2.24, 2.45) is 0 Å². The summed E-state index contributed by atoms with van der Waals surface area (Å²) in [7, 11) is 1.35. The molecule has 0 aromatic carbocycles. The predicted molar refractivity (Wildman–Crippen MR) is 86.6 cm³/mol. The Morgan fingerprint density at radius 2 is 2.04 bits per heavy atom. The number of carbonyl (C=O) groups excluding carboxylic acids is 1. The second-order valence-corrected chi connectivity index (χ2v) is 5.85. The predicted octanol–water partition coefficient (Wildman–Crippen LogP) is 0.776. The van der Waals surface area contributed by atoms with Crippen molar-refractivity contribution in [3.63, 3.8) is 0 Å². The van der Waals surface area contributed by atoms with Gasteiger partial charge in [-0.15, -0.1) is 20.4 Å². The van der Waals surface area contributed by atoms with Gasteiger partial charge >= 0.3 is 5.97 Å². The molecule has 0 aliphatic rings. The summed E-state index contributed by atoms with van der Waals surface area (Å²) in [6, 6.07) is 1.38. The monoisotopic (exact) mass is 337 g/mol. The van der Waals surface area contributed by atoms with Gasteiger partial charge in [0.2, 0.25) is 0 Å². The number of rotatable bonds is 7. The van der Waals surface area contributed by atoms with Crippen LogP contribution < -0.4 is 5.32 Å². The molecule has 1 unspecified atom stereocenters. The smallest absolute Gasteiger partial charge is 0.328 e. The van der Waals surface area contributed by atoms with Gasteiger partial charge in [0, 0.05) is 5.69 Å². The number of nitrogens with zero attached hydrogens (tertiary/aromatic N) is 6. The van der Waals surface area contributed by atoms with Crippen molar-refractivity contribution in [1.29, 1.82) is 0 Å². The van der Waals surface area contributed by atoms with E-state index in [0.717, 1.165) is 17.1 Å². The summed E-state index contributed by atoms with van der Waals surface area (Å²) >= 11 is 1.64. The fraction of sp³-hybridized carbons (Fsp3) is 0.538. The van der Waals surface area contributed by atoms with Gasteiger partial charge < -0.3 is 10.1 Å². The van der Waals surface area contributed by atoms with E-state index < -0.39 is 6.04 Å². The number of ether oxygens (including phenoxy) is 1. The van der Waals surface area contributed by atoms with Crippen LogP contribution in [-0.4, -0.2) is 61.3 Å². The minimum Gasteiger partial charge on any atom is -0.467 e. The normalized spacial score (nSPS) is 12.0. The molecule has 1 N–H and O–H groups in total. The van der Waals surface area contributed by atoms with Crippen LogP contribution in [0.2, 0.25) is 0 Å². The van der Waals surface area contributed by atoms with Gasteiger partial charge in [0.05, 0.1) is 12.8 Å². The molecule has 0 saturated heterocycles. The Hall–Kier alpha value is -2.23. The first-order valence-corrected chi connectivity index (χ1v) is 8.39. The number of thioether (sulfide) groups is 1. The molecule has 0 amide bonds. The summed E-state index contributed by atoms with van der Waals surface area (Å²) in [5, 5.41) is 23.1. The van der Waals surface area contributed by atoms with E-state index in [1.807, 2.05) is 26.2 Å². The van der Waals surface area contributed by atoms with Crippen molar-refractivity contribution >= 4 is 23.7 Å². The first kappa shape index (κ1) is 17.1. The van der Waals surface area contributed by atoms with Crippen molar-refractivity contribution in [2.75, 3.05) is 24.4 Å². The summed E-state index contributed by atoms with van der Waals surface area (Å²) in [5.41, 5.74) is 1.75. The highest BCUT2D eigenvalue weighted by Gasteiger charge is 2.20. The van der Waals surface area contributed by atoms with Gasteiger partial charge in [0.25, 0.3) is 11.9 Å². The maximum absolute atomic E-state index is 11.8. The Morgan fingerprint density at radius 1 is 1.35 bits per heavy atom. The van der Waals surface area contributed by atoms with Crippen molar-refractivity contribution in [1.82, 2.24) is 30.2 Å². The second-order valence-electron chi connectivity index (χ2n) is 4.86. The van der Waals surface area contributed by atoms with Gasteiger partial charge in [-0.2, -0.15) is 16.9 Å². The molecule has 2 aromatic heterocycles. The summed E-state index contributed by atoms with van der Waals surface area (Å²) in [6.45, 7) is 3.78. The molecule has 2 aromatic rings. The molecule has 0 radical (unpaired) electrons. The Balaban J connectivity index is 2.11. The van der Waals surface area contributed by atoms with Crippen molar-refractivity contribution < 1.29 is 9.53 Å². The van der Waals surface area contributed by atoms with Crippen LogP contribution in [0.4, 0.5) is 5.95 Å². The van der Waals surface area contributed by atoms with Gasteiger partial charge in [-0.05, 0) is 38.3 Å². The van der Waals surface area contributed by atoms with Crippen LogP contribution in [0.25, 0.3) is 5.95 Å². The minimum atomic E-state index is -0.532. The maximum atomic E-state index is 11.8. The van der Waals surface area contributed by atoms with Gasteiger partial charge in [0.15, 0.2) is 0 Å². The summed E-state index contributed by atoms with van der Waals surface area (Å²) < 4.78 is 6.33. The maximum Gasteiger partial charge on any atom is 0.328 e. The van der Waals surface area contributed by atoms with Crippen molar-refractivity contribution in [3.8, 4) is 5.95 Å². The quantitative estimate of drug-likeness (QED) is 0.733. The molecule has 0 fully saturated rings. The van der Waals surface area contributed by atoms with Gasteiger partial charge in [-0.3, -0.25) is 0 Å². The molecule has 1 atom stereocenters. The van der Waals surface area contributed by atoms with Crippen LogP contribution >= 0.6 is 11.8 Å². The second kappa shape index (κ2) is 7.86. The molecule has 10 heteroatoms. The molecular weight excluding hydrogens is 318 g/mol. The fourth-order valence-corrected chi connectivity index (χ4v) is 2.45. The number of hydrogen-bond acceptors (Lipinski definition) is 9. The third-order valence-electron chi connectivity index (χ3n) is 3.07. The molecule has 2 rings (SSSR count). The van der Waals surface area contributed by atoms with Crippen molar-refractivity contribution in [3.05, 3.63) is 17.5 Å². The molecule has 0 aliphatic heterocycles. The Kier molecular flexibility index (Phi) is 5.85. The lowest BCUT2D eigenvalue weighted by atomic mass is 10.2. The van der Waals surface area contributed by atoms with E-state index in [2.05, 4.69) is 30.8 Å². The number of carbonyl (C=O) groups is 1. The van der Waals surface area contributed by atoms with Gasteiger partial charge in [-0.1, -0.05) is 0 Å². The average molecular weight is 337 g/mol. The molecule has 0 bridgehead atoms. The first-order valence-electron chi connectivity index (χ1n) is 6.99. The highest BCUT2D eigenvalue weighted by Crippen LogP contribution is 2.09. The average Bonchev–Trinajstić information content (AvgIpc) is 2.89. The zero-order chi connectivity index (χ0) is 16.8. The highest BCUT2D eigenvalue weighted by atomic mass is 32.2. The summed E-state index contributed by atoms with van der Waals surface area (Å²) in [6.07, 6.45) is 2.56. The number of methoxy groups -OCH3 is 1. The molecule has 9 nitrogen and oxygen atoms in total. The van der Waals surface area contributed by atoms with E-state index in [9.17, 15) is 4.79 Å². The molecule has 0 saturated carbocycles. The SMILES string of the molecule is COC(=O)C(CCSC)Nc1nnc(-n2nc(C)cc2C)nn1. The van der Waals surface area contributed by atoms with Crippen LogP contribution in [-0.2, 0) is 9.53 Å². The minimum absolute atomic E-state index is 0.173. The molecule has 2 heterocycles. The van der Waals surface area contributed by atoms with Gasteiger partial charge in [0.1, 0.15) is 6.04 Å². The molecular formula is C13H19N7O2S. The number of esters is 1. The summed E-state index contributed by atoms with van der Waals surface area (Å²) in [4.78, 5) is 11.8. The topological polar surface area (TPSA) is 108 Å². The lowest BCUT2D eigenvalue weighted by molar-refractivity contribution is -0.141. The van der Waals surface area contributed by atoms with E-state index in [1.54, 1.807) is 16.4 Å². The summed E-state index contributed by atoms with van der Waals surface area (Å²) in [5.74, 6) is 0.884. The van der Waals surface area contributed by atoms with E-state index in [-0.39, 0.29) is 17.9 Å². The Labute approximate surface area is 138 Å². The number of aromatic nitrogens is 6. The van der Waals surface area contributed by atoms with E-state index in [4.69, 9.17) is 4.74 Å². The lowest BCUT2D eigenvalue weighted by Gasteiger charge is -2.15. The lowest BCUT2D eigenvalue weighted by Crippen LogP contribution is -2.32. The number of aryl methyl sites for hydroxylation is 2. The number of nitrogens with one attached hydrogen (secondary N) is 1. The molecule has 0 aliphatic carbocycles. The number of hydrogen-bond donors (Lipinski definition) is 1. The van der Waals surface area contributed by atoms with E-state index >= 15 is 0 Å². The van der Waals surface area contributed by atoms with Gasteiger partial charge in [-0.25, -0.2) is 9.48 Å². The van der Waals surface area contributed by atoms with Crippen LogP contribution in [0.5, 0.6) is 0 Å². The highest BCUT2D eigenvalue weighted by molar-refractivity contribution is 7.98. The fourth-order valence-electron chi connectivity index (χ4n) is 1.98. The third kappa shape index (κ3) is 4.38. The Morgan fingerprint density at radius 3 is 2.57 bits per heavy atom. The Bertz CT molecular complexity index is 659. The zero-order valence-electron chi connectivity index (χ0n) is 13.5. The molecule has 0 spiro atoms. The van der Waals surface area contributed by atoms with Crippen LogP contribution in [0.3, 0.4) is 0 Å². The largest absolute Gasteiger partial charge is 0.467 e. The van der Waals surface area contributed by atoms with Crippen molar-refractivity contribution in [2.45, 2.75) is 26.3 Å². The number of anilines is 1. The zero-order valence-corrected chi connectivity index (χ0v) is 14.3. The standard InChI is InChI=1S/C13H19N7O2S/c1-8-7-9(2)20(19-8)13-17-15-12(16-18-13)14-10(5-6-23-4)11(21)22-3/h7,10H,5-6H2,1-4H3,(H,14,15,16). The van der Waals surface area contributed by atoms with Crippen LogP contribution in [0.1, 0.15) is 17.8 Å². The molecule has 124 valence electrons. The van der Waals surface area contributed by atoms with Crippen LogP contribution in [0.15, 0.2) is 6.07 Å². The first-order chi connectivity index (χ1) is 11.0. The van der Waals surface area contributed by atoms with E-state index in [1.165, 1.54) is 7.11 Å². The third-order valence-corrected chi connectivity index (χ3v) is 3.71. The van der Waals surface area contributed by atoms with Crippen LogP contribution in [0, 0.1) is 13.8 Å². The molecule has 23 heavy (non-hydrogen) atoms. The van der Waals surface area contributed by atoms with E-state index in [0.29, 0.717) is 6.42 Å².